The van der Waals surface area contributed by atoms with E-state index in [-0.39, 0.29) is 0 Å². The number of hydrogen-bond acceptors (Lipinski definition) is 4. The summed E-state index contributed by atoms with van der Waals surface area (Å²) in [4.78, 5) is 1.73. The van der Waals surface area contributed by atoms with Gasteiger partial charge in [0.15, 0.2) is 11.5 Å². The number of sulfonamides is 1. The number of ether oxygens (including phenoxy) is 2. The van der Waals surface area contributed by atoms with Gasteiger partial charge in [-0.2, -0.15) is 4.31 Å². The first-order chi connectivity index (χ1) is 13.0. The molecule has 0 spiro atoms. The maximum atomic E-state index is 12.7. The van der Waals surface area contributed by atoms with Crippen LogP contribution in [0.2, 0.25) is 0 Å². The molecule has 0 unspecified atom stereocenters. The summed E-state index contributed by atoms with van der Waals surface area (Å²) in [6, 6.07) is 14.6. The lowest BCUT2D eigenvalue weighted by Gasteiger charge is -2.31. The summed E-state index contributed by atoms with van der Waals surface area (Å²) in [6.45, 7) is 5.99. The lowest BCUT2D eigenvalue weighted by molar-refractivity contribution is -0.917. The largest absolute Gasteiger partial charge is 0.493 e. The topological polar surface area (TPSA) is 60.3 Å². The van der Waals surface area contributed by atoms with Crippen LogP contribution in [0.5, 0.6) is 11.5 Å². The quantitative estimate of drug-likeness (QED) is 0.770. The number of nitrogens with zero attached hydrogens (tertiary/aromatic N) is 1. The third-order valence-electron chi connectivity index (χ3n) is 4.79. The van der Waals surface area contributed by atoms with Gasteiger partial charge in [0.05, 0.1) is 44.8 Å². The van der Waals surface area contributed by atoms with E-state index in [0.717, 1.165) is 36.7 Å². The second-order valence-electron chi connectivity index (χ2n) is 6.56. The molecule has 1 saturated heterocycles. The van der Waals surface area contributed by atoms with Crippen LogP contribution >= 0.6 is 0 Å². The maximum absolute atomic E-state index is 12.7. The van der Waals surface area contributed by atoms with E-state index >= 15 is 0 Å². The molecule has 1 N–H and O–H groups in total. The minimum Gasteiger partial charge on any atom is -0.493 e. The Balaban J connectivity index is 1.61. The molecule has 3 rings (SSSR count). The van der Waals surface area contributed by atoms with Crippen molar-refractivity contribution in [3.63, 3.8) is 0 Å². The summed E-state index contributed by atoms with van der Waals surface area (Å²) in [5, 5.41) is 0. The molecule has 1 fully saturated rings. The van der Waals surface area contributed by atoms with Crippen LogP contribution in [0.3, 0.4) is 0 Å². The Morgan fingerprint density at radius 1 is 1.04 bits per heavy atom. The Bertz CT molecular complexity index is 848. The molecule has 0 saturated carbocycles. The molecular weight excluding hydrogens is 364 g/mol. The van der Waals surface area contributed by atoms with Crippen LogP contribution in [0.25, 0.3) is 0 Å². The Hall–Kier alpha value is -2.09. The van der Waals surface area contributed by atoms with Crippen LogP contribution in [-0.4, -0.2) is 52.6 Å². The van der Waals surface area contributed by atoms with Crippen LogP contribution in [0.15, 0.2) is 53.4 Å². The van der Waals surface area contributed by atoms with Gasteiger partial charge in [0.1, 0.15) is 6.54 Å². The van der Waals surface area contributed by atoms with Crippen LogP contribution in [0.1, 0.15) is 12.5 Å². The van der Waals surface area contributed by atoms with Crippen molar-refractivity contribution in [2.45, 2.75) is 18.4 Å². The van der Waals surface area contributed by atoms with Crippen molar-refractivity contribution in [2.75, 3.05) is 39.9 Å². The molecule has 1 heterocycles. The van der Waals surface area contributed by atoms with Gasteiger partial charge in [-0.25, -0.2) is 8.42 Å². The lowest BCUT2D eigenvalue weighted by atomic mass is 10.1. The second kappa shape index (κ2) is 8.73. The zero-order valence-corrected chi connectivity index (χ0v) is 16.7. The number of nitrogens with one attached hydrogen (secondary N) is 1. The Morgan fingerprint density at radius 3 is 2.37 bits per heavy atom. The SMILES string of the molecule is CCOc1ccc(C[NH+]2CCN(S(=O)(=O)c3ccccc3)CC2)cc1OC. The first kappa shape index (κ1) is 19.7. The van der Waals surface area contributed by atoms with Crippen LogP contribution < -0.4 is 14.4 Å². The molecule has 1 aliphatic rings. The van der Waals surface area contributed by atoms with Gasteiger partial charge in [0.25, 0.3) is 0 Å². The first-order valence-corrected chi connectivity index (χ1v) is 10.7. The molecule has 1 aliphatic heterocycles. The van der Waals surface area contributed by atoms with E-state index in [2.05, 4.69) is 0 Å². The molecule has 0 atom stereocenters. The fraction of sp³-hybridized carbons (Fsp3) is 0.400. The highest BCUT2D eigenvalue weighted by molar-refractivity contribution is 7.89. The van der Waals surface area contributed by atoms with Gasteiger partial charge in [-0.05, 0) is 37.3 Å². The van der Waals surface area contributed by atoms with E-state index in [9.17, 15) is 8.42 Å². The van der Waals surface area contributed by atoms with Gasteiger partial charge < -0.3 is 14.4 Å². The number of benzene rings is 2. The van der Waals surface area contributed by atoms with Crippen molar-refractivity contribution in [3.8, 4) is 11.5 Å². The first-order valence-electron chi connectivity index (χ1n) is 9.23. The molecular formula is C20H27N2O4S+. The average molecular weight is 392 g/mol. The Morgan fingerprint density at radius 2 is 1.74 bits per heavy atom. The van der Waals surface area contributed by atoms with Crippen LogP contribution in [0, 0.1) is 0 Å². The van der Waals surface area contributed by atoms with E-state index < -0.39 is 10.0 Å². The second-order valence-corrected chi connectivity index (χ2v) is 8.50. The number of quaternary nitrogens is 1. The molecule has 2 aromatic carbocycles. The number of methoxy groups -OCH3 is 1. The van der Waals surface area contributed by atoms with E-state index in [1.165, 1.54) is 4.90 Å². The lowest BCUT2D eigenvalue weighted by Crippen LogP contribution is -3.13. The molecule has 7 heteroatoms. The predicted molar refractivity (Wildman–Crippen MR) is 104 cm³/mol. The van der Waals surface area contributed by atoms with Crippen molar-refractivity contribution in [1.82, 2.24) is 4.31 Å². The molecule has 0 amide bonds. The molecule has 6 nitrogen and oxygen atoms in total. The fourth-order valence-electron chi connectivity index (χ4n) is 3.35. The monoisotopic (exact) mass is 391 g/mol. The van der Waals surface area contributed by atoms with Gasteiger partial charge in [0.2, 0.25) is 10.0 Å². The van der Waals surface area contributed by atoms with Crippen LogP contribution in [-0.2, 0) is 16.6 Å². The van der Waals surface area contributed by atoms with Crippen molar-refractivity contribution >= 4 is 10.0 Å². The predicted octanol–water partition coefficient (Wildman–Crippen LogP) is 1.18. The molecule has 0 radical (unpaired) electrons. The van der Waals surface area contributed by atoms with Crippen molar-refractivity contribution < 1.29 is 22.8 Å². The molecule has 0 bridgehead atoms. The van der Waals surface area contributed by atoms with E-state index in [0.29, 0.717) is 24.6 Å². The summed E-state index contributed by atoms with van der Waals surface area (Å²) >= 11 is 0. The van der Waals surface area contributed by atoms with Gasteiger partial charge in [-0.3, -0.25) is 0 Å². The zero-order valence-electron chi connectivity index (χ0n) is 15.8. The molecule has 0 aliphatic carbocycles. The van der Waals surface area contributed by atoms with Crippen LogP contribution in [0.4, 0.5) is 0 Å². The summed E-state index contributed by atoms with van der Waals surface area (Å²) in [6.07, 6.45) is 0. The molecule has 2 aromatic rings. The summed E-state index contributed by atoms with van der Waals surface area (Å²) < 4.78 is 38.0. The third-order valence-corrected chi connectivity index (χ3v) is 6.71. The van der Waals surface area contributed by atoms with Gasteiger partial charge >= 0.3 is 0 Å². The van der Waals surface area contributed by atoms with Crippen molar-refractivity contribution in [3.05, 3.63) is 54.1 Å². The maximum Gasteiger partial charge on any atom is 0.243 e. The summed E-state index contributed by atoms with van der Waals surface area (Å²) in [7, 11) is -1.76. The highest BCUT2D eigenvalue weighted by Gasteiger charge is 2.30. The van der Waals surface area contributed by atoms with Crippen molar-refractivity contribution in [2.24, 2.45) is 0 Å². The summed E-state index contributed by atoms with van der Waals surface area (Å²) in [5.41, 5.74) is 1.16. The Kier molecular flexibility index (Phi) is 6.36. The number of piperazine rings is 1. The molecule has 146 valence electrons. The summed E-state index contributed by atoms with van der Waals surface area (Å²) in [5.74, 6) is 1.48. The Labute approximate surface area is 161 Å². The van der Waals surface area contributed by atoms with Crippen molar-refractivity contribution in [1.29, 1.82) is 0 Å². The number of hydrogen-bond donors (Lipinski definition) is 1. The number of rotatable bonds is 7. The van der Waals surface area contributed by atoms with Gasteiger partial charge in [-0.15, -0.1) is 0 Å². The standard InChI is InChI=1S/C20H26N2O4S/c1-3-26-19-10-9-17(15-20(19)25-2)16-21-11-13-22(14-12-21)27(23,24)18-7-5-4-6-8-18/h4-10,15H,3,11-14,16H2,1-2H3/p+1. The molecule has 27 heavy (non-hydrogen) atoms. The average Bonchev–Trinajstić information content (AvgIpc) is 2.70. The minimum atomic E-state index is -3.40. The highest BCUT2D eigenvalue weighted by atomic mass is 32.2. The van der Waals surface area contributed by atoms with E-state index in [1.807, 2.05) is 31.2 Å². The third kappa shape index (κ3) is 4.61. The van der Waals surface area contributed by atoms with E-state index in [4.69, 9.17) is 9.47 Å². The van der Waals surface area contributed by atoms with E-state index in [1.54, 1.807) is 35.7 Å². The smallest absolute Gasteiger partial charge is 0.243 e. The fourth-order valence-corrected chi connectivity index (χ4v) is 4.81. The zero-order chi connectivity index (χ0) is 19.3. The minimum absolute atomic E-state index is 0.365. The van der Waals surface area contributed by atoms with Gasteiger partial charge in [-0.1, -0.05) is 18.2 Å². The van der Waals surface area contributed by atoms with Gasteiger partial charge in [0, 0.05) is 5.56 Å². The highest BCUT2D eigenvalue weighted by Crippen LogP contribution is 2.27. The normalized spacial score (nSPS) is 16.2. The molecule has 0 aromatic heterocycles.